The molecule has 1 aromatic carbocycles. The first-order chi connectivity index (χ1) is 10.4. The van der Waals surface area contributed by atoms with Crippen LogP contribution in [0.25, 0.3) is 0 Å². The molecule has 1 saturated carbocycles. The molecule has 22 heavy (non-hydrogen) atoms. The van der Waals surface area contributed by atoms with Crippen molar-refractivity contribution in [3.63, 3.8) is 0 Å². The van der Waals surface area contributed by atoms with Crippen LogP contribution in [0.3, 0.4) is 0 Å². The van der Waals surface area contributed by atoms with E-state index in [1.165, 1.54) is 4.31 Å². The summed E-state index contributed by atoms with van der Waals surface area (Å²) in [6.45, 7) is 0.577. The Morgan fingerprint density at radius 1 is 1.18 bits per heavy atom. The molecule has 1 aliphatic carbocycles. The number of carboxylic acids is 1. The summed E-state index contributed by atoms with van der Waals surface area (Å²) in [5.74, 6) is -1.71. The van der Waals surface area contributed by atoms with Crippen molar-refractivity contribution in [2.45, 2.75) is 38.1 Å². The lowest BCUT2D eigenvalue weighted by molar-refractivity contribution is -0.141. The summed E-state index contributed by atoms with van der Waals surface area (Å²) < 4.78 is 28.6. The van der Waals surface area contributed by atoms with Crippen LogP contribution in [0.5, 0.6) is 0 Å². The highest BCUT2D eigenvalue weighted by atomic mass is 32.2. The van der Waals surface area contributed by atoms with E-state index in [1.54, 1.807) is 0 Å². The molecule has 1 fully saturated rings. The molecule has 0 radical (unpaired) electrons. The van der Waals surface area contributed by atoms with Crippen molar-refractivity contribution < 1.29 is 23.4 Å². The lowest BCUT2D eigenvalue weighted by Crippen LogP contribution is -2.46. The van der Waals surface area contributed by atoms with E-state index in [0.29, 0.717) is 0 Å². The Morgan fingerprint density at radius 3 is 2.27 bits per heavy atom. The Hall–Kier alpha value is -1.48. The van der Waals surface area contributed by atoms with Gasteiger partial charge >= 0.3 is 5.97 Å². The van der Waals surface area contributed by atoms with Gasteiger partial charge in [0.25, 0.3) is 10.2 Å². The lowest BCUT2D eigenvalue weighted by atomic mass is 10.1. The van der Waals surface area contributed by atoms with E-state index in [0.717, 1.165) is 11.1 Å². The molecule has 120 valence electrons. The lowest BCUT2D eigenvalue weighted by Gasteiger charge is -2.21. The minimum atomic E-state index is -3.76. The summed E-state index contributed by atoms with van der Waals surface area (Å²) in [6, 6.07) is 6.74. The van der Waals surface area contributed by atoms with Gasteiger partial charge in [-0.25, -0.2) is 0 Å². The average Bonchev–Trinajstić information content (AvgIpc) is 3.03. The fourth-order valence-electron chi connectivity index (χ4n) is 3.08. The summed E-state index contributed by atoms with van der Waals surface area (Å²) in [4.78, 5) is 11.0. The van der Waals surface area contributed by atoms with Crippen LogP contribution in [0.15, 0.2) is 24.3 Å². The van der Waals surface area contributed by atoms with Crippen molar-refractivity contribution in [2.75, 3.05) is 0 Å². The molecule has 0 unspecified atom stereocenters. The van der Waals surface area contributed by atoms with Crippen molar-refractivity contribution in [3.05, 3.63) is 35.4 Å². The van der Waals surface area contributed by atoms with Gasteiger partial charge in [0.2, 0.25) is 0 Å². The van der Waals surface area contributed by atoms with Crippen LogP contribution in [0.2, 0.25) is 0 Å². The number of aliphatic hydroxyl groups excluding tert-OH is 1. The van der Waals surface area contributed by atoms with Crippen LogP contribution < -0.4 is 4.72 Å². The van der Waals surface area contributed by atoms with Gasteiger partial charge < -0.3 is 10.2 Å². The molecule has 1 aromatic rings. The summed E-state index contributed by atoms with van der Waals surface area (Å²) in [6.07, 6.45) is -0.792. The number of carboxylic acid groups (broad SMARTS) is 1. The summed E-state index contributed by atoms with van der Waals surface area (Å²) in [5, 5.41) is 18.9. The Kier molecular flexibility index (Phi) is 3.94. The molecular weight excluding hydrogens is 308 g/mol. The predicted molar refractivity (Wildman–Crippen MR) is 77.9 cm³/mol. The molecular formula is C14H18N2O5S. The van der Waals surface area contributed by atoms with Crippen molar-refractivity contribution in [2.24, 2.45) is 5.92 Å². The maximum Gasteiger partial charge on any atom is 0.306 e. The third kappa shape index (κ3) is 2.87. The van der Waals surface area contributed by atoms with Crippen LogP contribution in [-0.4, -0.2) is 41.1 Å². The van der Waals surface area contributed by atoms with E-state index in [9.17, 15) is 18.3 Å². The molecule has 0 bridgehead atoms. The second kappa shape index (κ2) is 5.62. The van der Waals surface area contributed by atoms with Crippen molar-refractivity contribution >= 4 is 16.2 Å². The highest BCUT2D eigenvalue weighted by molar-refractivity contribution is 7.87. The number of benzene rings is 1. The third-order valence-corrected chi connectivity index (χ3v) is 5.87. The monoisotopic (exact) mass is 326 g/mol. The van der Waals surface area contributed by atoms with E-state index >= 15 is 0 Å². The van der Waals surface area contributed by atoms with Gasteiger partial charge in [0.15, 0.2) is 0 Å². The molecule has 1 heterocycles. The molecule has 3 atom stereocenters. The van der Waals surface area contributed by atoms with E-state index in [1.807, 2.05) is 24.3 Å². The second-order valence-corrected chi connectivity index (χ2v) is 7.54. The summed E-state index contributed by atoms with van der Waals surface area (Å²) in [5.41, 5.74) is 1.92. The standard InChI is InChI=1S/C14H18N2O5S/c17-13-6-11(14(18)19)5-12(13)15-22(20,21)16-7-9-3-1-2-4-10(9)8-16/h1-4,11-13,15,17H,5-8H2,(H,18,19)/t11-,12+,13+/m0/s1. The van der Waals surface area contributed by atoms with Gasteiger partial charge in [0.1, 0.15) is 0 Å². The Bertz CT molecular complexity index is 665. The normalized spacial score (nSPS) is 28.7. The van der Waals surface area contributed by atoms with Gasteiger partial charge in [-0.1, -0.05) is 24.3 Å². The van der Waals surface area contributed by atoms with Crippen molar-refractivity contribution in [1.29, 1.82) is 0 Å². The molecule has 0 saturated heterocycles. The Balaban J connectivity index is 1.69. The first-order valence-electron chi connectivity index (χ1n) is 7.12. The minimum absolute atomic E-state index is 0.0722. The van der Waals surface area contributed by atoms with Gasteiger partial charge in [0.05, 0.1) is 12.0 Å². The number of carbonyl (C=O) groups is 1. The Labute approximate surface area is 128 Å². The van der Waals surface area contributed by atoms with Crippen molar-refractivity contribution in [3.8, 4) is 0 Å². The second-order valence-electron chi connectivity index (χ2n) is 5.84. The zero-order chi connectivity index (χ0) is 15.9. The zero-order valence-electron chi connectivity index (χ0n) is 11.8. The molecule has 0 amide bonds. The van der Waals surface area contributed by atoms with E-state index in [2.05, 4.69) is 4.72 Å². The zero-order valence-corrected chi connectivity index (χ0v) is 12.7. The average molecular weight is 326 g/mol. The minimum Gasteiger partial charge on any atom is -0.481 e. The highest BCUT2D eigenvalue weighted by Crippen LogP contribution is 2.29. The smallest absolute Gasteiger partial charge is 0.306 e. The predicted octanol–water partition coefficient (Wildman–Crippen LogP) is 0.0607. The highest BCUT2D eigenvalue weighted by Gasteiger charge is 2.40. The number of aliphatic hydroxyl groups is 1. The van der Waals surface area contributed by atoms with E-state index in [4.69, 9.17) is 5.11 Å². The SMILES string of the molecule is O=C(O)[C@@H]1C[C@@H](O)[C@H](NS(=O)(=O)N2Cc3ccccc3C2)C1. The van der Waals surface area contributed by atoms with Crippen LogP contribution in [-0.2, 0) is 28.1 Å². The van der Waals surface area contributed by atoms with E-state index in [-0.39, 0.29) is 25.9 Å². The van der Waals surface area contributed by atoms with Crippen LogP contribution >= 0.6 is 0 Å². The van der Waals surface area contributed by atoms with Crippen molar-refractivity contribution in [1.82, 2.24) is 9.03 Å². The molecule has 1 aliphatic heterocycles. The Morgan fingerprint density at radius 2 is 1.77 bits per heavy atom. The molecule has 3 N–H and O–H groups in total. The number of rotatable bonds is 4. The summed E-state index contributed by atoms with van der Waals surface area (Å²) in [7, 11) is -3.76. The number of nitrogens with zero attached hydrogens (tertiary/aromatic N) is 1. The van der Waals surface area contributed by atoms with Gasteiger partial charge in [-0.3, -0.25) is 4.79 Å². The van der Waals surface area contributed by atoms with Gasteiger partial charge in [-0.05, 0) is 24.0 Å². The third-order valence-electron chi connectivity index (χ3n) is 4.33. The quantitative estimate of drug-likeness (QED) is 0.725. The van der Waals surface area contributed by atoms with Gasteiger partial charge in [-0.15, -0.1) is 0 Å². The van der Waals surface area contributed by atoms with Crippen LogP contribution in [0.4, 0.5) is 0 Å². The molecule has 7 nitrogen and oxygen atoms in total. The topological polar surface area (TPSA) is 107 Å². The largest absolute Gasteiger partial charge is 0.481 e. The maximum absolute atomic E-state index is 12.4. The number of aliphatic carboxylic acids is 1. The van der Waals surface area contributed by atoms with Crippen LogP contribution in [0.1, 0.15) is 24.0 Å². The van der Waals surface area contributed by atoms with E-state index < -0.39 is 34.2 Å². The number of hydrogen-bond acceptors (Lipinski definition) is 4. The summed E-state index contributed by atoms with van der Waals surface area (Å²) >= 11 is 0. The van der Waals surface area contributed by atoms with Crippen LogP contribution in [0, 0.1) is 5.92 Å². The van der Waals surface area contributed by atoms with Gasteiger partial charge in [-0.2, -0.15) is 17.4 Å². The molecule has 2 aliphatic rings. The first kappa shape index (κ1) is 15.4. The van der Waals surface area contributed by atoms with Gasteiger partial charge in [0, 0.05) is 19.1 Å². The molecule has 0 spiro atoms. The number of fused-ring (bicyclic) bond motifs is 1. The molecule has 0 aromatic heterocycles. The number of hydrogen-bond donors (Lipinski definition) is 3. The fourth-order valence-corrected chi connectivity index (χ4v) is 4.48. The molecule has 3 rings (SSSR count). The molecule has 8 heteroatoms. The fraction of sp³-hybridized carbons (Fsp3) is 0.500. The number of nitrogens with one attached hydrogen (secondary N) is 1. The maximum atomic E-state index is 12.4. The first-order valence-corrected chi connectivity index (χ1v) is 8.56.